The Morgan fingerprint density at radius 1 is 0.912 bits per heavy atom. The molecule has 6 unspecified atom stereocenters. The third-order valence-electron chi connectivity index (χ3n) is 14.4. The SMILES string of the molecule is C=CCOC12Oc3ccc(Oc4cccc([N+](=O)[O-])c4)cc3C3C(CCCCO)C(CCCCO)C=C(C(=NOCc4ccccc4)CC1N(Cc1ccc(F)cc1)C(=O)CCC1CCCC1)C32. The van der Waals surface area contributed by atoms with Crippen molar-refractivity contribution in [1.82, 2.24) is 4.90 Å². The largest absolute Gasteiger partial charge is 0.459 e. The van der Waals surface area contributed by atoms with Gasteiger partial charge < -0.3 is 34.2 Å². The van der Waals surface area contributed by atoms with Gasteiger partial charge in [-0.2, -0.15) is 0 Å². The first-order valence-electron chi connectivity index (χ1n) is 24.4. The predicted octanol–water partition coefficient (Wildman–Crippen LogP) is 11.4. The molecule has 1 aliphatic heterocycles. The number of nitro groups is 1. The molecule has 2 N–H and O–H groups in total. The molecule has 4 aromatic carbocycles. The van der Waals surface area contributed by atoms with E-state index in [1.165, 1.54) is 24.3 Å². The second kappa shape index (κ2) is 22.9. The van der Waals surface area contributed by atoms with Crippen LogP contribution in [0.2, 0.25) is 0 Å². The zero-order valence-corrected chi connectivity index (χ0v) is 38.8. The Kier molecular flexibility index (Phi) is 16.4. The molecule has 3 aliphatic carbocycles. The lowest BCUT2D eigenvalue weighted by atomic mass is 9.55. The Morgan fingerprint density at radius 2 is 1.66 bits per heavy atom. The molecule has 1 heterocycles. The zero-order chi connectivity index (χ0) is 47.5. The summed E-state index contributed by atoms with van der Waals surface area (Å²) < 4.78 is 35.5. The van der Waals surface area contributed by atoms with Crippen molar-refractivity contribution in [3.05, 3.63) is 154 Å². The lowest BCUT2D eigenvalue weighted by Gasteiger charge is -2.60. The number of unbranched alkanes of at least 4 members (excludes halogenated alkanes) is 2. The van der Waals surface area contributed by atoms with Crippen LogP contribution in [-0.4, -0.2) is 63.3 Å². The number of fused-ring (bicyclic) bond motifs is 2. The minimum Gasteiger partial charge on any atom is -0.459 e. The molecule has 13 heteroatoms. The van der Waals surface area contributed by atoms with Crippen molar-refractivity contribution in [3.63, 3.8) is 0 Å². The number of ether oxygens (including phenoxy) is 3. The van der Waals surface area contributed by atoms with E-state index in [-0.39, 0.29) is 74.6 Å². The second-order valence-corrected chi connectivity index (χ2v) is 18.7. The van der Waals surface area contributed by atoms with Gasteiger partial charge in [-0.05, 0) is 103 Å². The van der Waals surface area contributed by atoms with Crippen molar-refractivity contribution in [2.45, 2.75) is 114 Å². The molecule has 2 fully saturated rings. The average Bonchev–Trinajstić information content (AvgIpc) is 3.88. The molecule has 0 bridgehead atoms. The standard InChI is InChI=1S/C55H64FN3O9/c1-2-31-65-55-51(58(36-39-21-24-42(56)25-22-39)52(62)28-23-38-13-6-7-14-38)35-49(57-66-37-40-15-4-3-5-16-40)47-32-41(17-8-10-29-60)46(20-9-11-30-61)53(54(47)55)48-34-45(26-27-50(48)68-55)67-44-19-12-18-43(33-44)59(63)64/h2-5,12,15-16,18-19,21-22,24-27,32-34,38,41,46,51,53-54,60-61H,1,6-11,13-14,17,20,23,28-31,35-37H2. The topological polar surface area (TPSA) is 153 Å². The number of oxime groups is 1. The smallest absolute Gasteiger partial charge is 0.273 e. The first kappa shape index (κ1) is 48.6. The van der Waals surface area contributed by atoms with Gasteiger partial charge in [0.05, 0.1) is 29.2 Å². The molecule has 4 aromatic rings. The zero-order valence-electron chi connectivity index (χ0n) is 38.8. The van der Waals surface area contributed by atoms with Crippen LogP contribution in [0.4, 0.5) is 10.1 Å². The number of amides is 1. The Balaban J connectivity index is 1.32. The van der Waals surface area contributed by atoms with Gasteiger partial charge in [0, 0.05) is 50.1 Å². The fraction of sp³-hybridized carbons (Fsp3) is 0.455. The van der Waals surface area contributed by atoms with Gasteiger partial charge in [-0.25, -0.2) is 4.39 Å². The number of nitrogens with zero attached hydrogens (tertiary/aromatic N) is 3. The van der Waals surface area contributed by atoms with Crippen LogP contribution in [0, 0.1) is 39.6 Å². The maximum Gasteiger partial charge on any atom is 0.273 e. The van der Waals surface area contributed by atoms with Crippen LogP contribution in [0.15, 0.2) is 127 Å². The third-order valence-corrected chi connectivity index (χ3v) is 14.4. The summed E-state index contributed by atoms with van der Waals surface area (Å²) in [6, 6.07) is 27.0. The molecule has 4 aliphatic rings. The summed E-state index contributed by atoms with van der Waals surface area (Å²) in [5.74, 6) is -1.07. The highest BCUT2D eigenvalue weighted by Crippen LogP contribution is 2.62. The summed E-state index contributed by atoms with van der Waals surface area (Å²) in [5, 5.41) is 36.8. The van der Waals surface area contributed by atoms with Crippen LogP contribution >= 0.6 is 0 Å². The molecular weight excluding hydrogens is 866 g/mol. The number of allylic oxidation sites excluding steroid dienone is 1. The molecule has 12 nitrogen and oxygen atoms in total. The second-order valence-electron chi connectivity index (χ2n) is 18.7. The number of halogens is 1. The highest BCUT2D eigenvalue weighted by atomic mass is 19.1. The van der Waals surface area contributed by atoms with E-state index < -0.39 is 22.7 Å². The quantitative estimate of drug-likeness (QED) is 0.0320. The van der Waals surface area contributed by atoms with Crippen LogP contribution in [0.1, 0.15) is 106 Å². The van der Waals surface area contributed by atoms with E-state index >= 15 is 4.79 Å². The summed E-state index contributed by atoms with van der Waals surface area (Å²) in [6.07, 6.45) is 14.1. The summed E-state index contributed by atoms with van der Waals surface area (Å²) in [4.78, 5) is 34.7. The van der Waals surface area contributed by atoms with E-state index in [1.807, 2.05) is 47.4 Å². The van der Waals surface area contributed by atoms with E-state index in [0.717, 1.165) is 80.1 Å². The molecule has 68 heavy (non-hydrogen) atoms. The van der Waals surface area contributed by atoms with Crippen molar-refractivity contribution < 1.29 is 43.4 Å². The predicted molar refractivity (Wildman–Crippen MR) is 258 cm³/mol. The lowest BCUT2D eigenvalue weighted by Crippen LogP contribution is -2.70. The summed E-state index contributed by atoms with van der Waals surface area (Å²) in [5.41, 5.74) is 4.02. The number of hydrogen-bond acceptors (Lipinski definition) is 10. The molecule has 0 radical (unpaired) electrons. The van der Waals surface area contributed by atoms with Crippen molar-refractivity contribution in [2.24, 2.45) is 28.8 Å². The number of rotatable bonds is 23. The van der Waals surface area contributed by atoms with Crippen LogP contribution in [-0.2, 0) is 27.5 Å². The molecule has 0 spiro atoms. The van der Waals surface area contributed by atoms with Crippen LogP contribution in [0.5, 0.6) is 17.2 Å². The summed E-state index contributed by atoms with van der Waals surface area (Å²) in [6.45, 7) is 4.66. The number of benzene rings is 4. The fourth-order valence-electron chi connectivity index (χ4n) is 11.2. The van der Waals surface area contributed by atoms with Crippen molar-refractivity contribution >= 4 is 17.3 Å². The van der Waals surface area contributed by atoms with Gasteiger partial charge >= 0.3 is 0 Å². The number of carbonyl (C=O) groups excluding carboxylic acids is 1. The number of aliphatic hydroxyl groups excluding tert-OH is 2. The van der Waals surface area contributed by atoms with Crippen molar-refractivity contribution in [2.75, 3.05) is 19.8 Å². The average molecular weight is 930 g/mol. The van der Waals surface area contributed by atoms with Crippen molar-refractivity contribution in [1.29, 1.82) is 0 Å². The Morgan fingerprint density at radius 3 is 2.40 bits per heavy atom. The molecule has 360 valence electrons. The van der Waals surface area contributed by atoms with Crippen LogP contribution < -0.4 is 9.47 Å². The van der Waals surface area contributed by atoms with Gasteiger partial charge in [0.25, 0.3) is 5.69 Å². The normalized spacial score (nSPS) is 23.5. The minimum atomic E-state index is -1.49. The number of hydrogen-bond donors (Lipinski definition) is 2. The van der Waals surface area contributed by atoms with E-state index in [1.54, 1.807) is 36.4 Å². The van der Waals surface area contributed by atoms with Crippen LogP contribution in [0.25, 0.3) is 0 Å². The molecule has 6 atom stereocenters. The van der Waals surface area contributed by atoms with Gasteiger partial charge in [-0.3, -0.25) is 14.9 Å². The number of nitro benzene ring substituents is 1. The minimum absolute atomic E-state index is 0.000120. The molecule has 0 saturated heterocycles. The number of carbonyl (C=O) groups is 1. The van der Waals surface area contributed by atoms with Gasteiger partial charge in [0.15, 0.2) is 0 Å². The van der Waals surface area contributed by atoms with Crippen LogP contribution in [0.3, 0.4) is 0 Å². The van der Waals surface area contributed by atoms with E-state index in [4.69, 9.17) is 24.2 Å². The first-order valence-corrected chi connectivity index (χ1v) is 24.4. The molecular formula is C55H64FN3O9. The number of non-ortho nitro benzene ring substituents is 1. The molecule has 2 saturated carbocycles. The molecule has 8 rings (SSSR count). The monoisotopic (exact) mass is 929 g/mol. The Labute approximate surface area is 398 Å². The van der Waals surface area contributed by atoms with E-state index in [0.29, 0.717) is 48.1 Å². The Hall–Kier alpha value is -5.89. The Bertz CT molecular complexity index is 2400. The summed E-state index contributed by atoms with van der Waals surface area (Å²) >= 11 is 0. The van der Waals surface area contributed by atoms with Gasteiger partial charge in [0.2, 0.25) is 11.7 Å². The van der Waals surface area contributed by atoms with E-state index in [2.05, 4.69) is 12.7 Å². The fourth-order valence-corrected chi connectivity index (χ4v) is 11.2. The molecule has 0 aromatic heterocycles. The maximum atomic E-state index is 15.2. The summed E-state index contributed by atoms with van der Waals surface area (Å²) in [7, 11) is 0. The maximum absolute atomic E-state index is 15.2. The van der Waals surface area contributed by atoms with Gasteiger partial charge in [-0.1, -0.05) is 104 Å². The van der Waals surface area contributed by atoms with Gasteiger partial charge in [-0.15, -0.1) is 6.58 Å². The third kappa shape index (κ3) is 11.2. The van der Waals surface area contributed by atoms with Crippen molar-refractivity contribution in [3.8, 4) is 17.2 Å². The molecule has 1 amide bonds. The number of aliphatic hydroxyl groups is 2. The highest BCUT2D eigenvalue weighted by molar-refractivity contribution is 6.03. The highest BCUT2D eigenvalue weighted by Gasteiger charge is 2.65. The lowest BCUT2D eigenvalue weighted by molar-refractivity contribution is -0.384. The van der Waals surface area contributed by atoms with E-state index in [9.17, 15) is 24.7 Å². The van der Waals surface area contributed by atoms with Gasteiger partial charge in [0.1, 0.15) is 35.7 Å². The first-order chi connectivity index (χ1) is 33.2.